The number of rotatable bonds is 6. The zero-order chi connectivity index (χ0) is 21.1. The zero-order valence-electron chi connectivity index (χ0n) is 16.6. The largest absolute Gasteiger partial charge is 0.488 e. The number of thioether (sulfide) groups is 1. The fourth-order valence-corrected chi connectivity index (χ4v) is 5.04. The highest BCUT2D eigenvalue weighted by Crippen LogP contribution is 2.36. The van der Waals surface area contributed by atoms with E-state index in [0.29, 0.717) is 22.4 Å². The Balaban J connectivity index is 1.52. The van der Waals surface area contributed by atoms with Crippen molar-refractivity contribution in [2.24, 2.45) is 0 Å². The number of aryl methyl sites for hydroxylation is 1. The molecule has 2 aromatic carbocycles. The number of hydrogen-bond acceptors (Lipinski definition) is 5. The molecule has 0 spiro atoms. The Bertz CT molecular complexity index is 984. The summed E-state index contributed by atoms with van der Waals surface area (Å²) in [6, 6.07) is 14.1. The van der Waals surface area contributed by atoms with Crippen LogP contribution in [0.2, 0.25) is 0 Å². The molecule has 2 aromatic rings. The fraction of sp³-hybridized carbons (Fsp3) is 0.304. The molecule has 1 atom stereocenters. The molecule has 156 valence electrons. The smallest absolute Gasteiger partial charge is 0.266 e. The van der Waals surface area contributed by atoms with Gasteiger partial charge in [-0.1, -0.05) is 69.7 Å². The van der Waals surface area contributed by atoms with Crippen molar-refractivity contribution in [2.45, 2.75) is 32.5 Å². The third-order valence-electron chi connectivity index (χ3n) is 5.06. The molecule has 0 bridgehead atoms. The predicted octanol–water partition coefficient (Wildman–Crippen LogP) is 5.72. The minimum atomic E-state index is -0.0649. The van der Waals surface area contributed by atoms with Crippen LogP contribution in [0.4, 0.5) is 0 Å². The van der Waals surface area contributed by atoms with E-state index < -0.39 is 0 Å². The third-order valence-corrected chi connectivity index (χ3v) is 6.93. The van der Waals surface area contributed by atoms with E-state index in [0.717, 1.165) is 40.8 Å². The van der Waals surface area contributed by atoms with Gasteiger partial charge in [0.25, 0.3) is 5.91 Å². The summed E-state index contributed by atoms with van der Waals surface area (Å²) in [7, 11) is 0. The number of nitrogens with zero attached hydrogens (tertiary/aromatic N) is 1. The van der Waals surface area contributed by atoms with Gasteiger partial charge in [0.05, 0.1) is 17.6 Å². The van der Waals surface area contributed by atoms with E-state index in [1.54, 1.807) is 4.90 Å². The number of amides is 1. The molecule has 1 amide bonds. The van der Waals surface area contributed by atoms with E-state index in [1.165, 1.54) is 17.3 Å². The van der Waals surface area contributed by atoms with Gasteiger partial charge in [0.1, 0.15) is 16.7 Å². The minimum absolute atomic E-state index is 0.0649. The van der Waals surface area contributed by atoms with E-state index >= 15 is 0 Å². The number of ether oxygens (including phenoxy) is 2. The SMILES string of the molecule is Cc1ccc(COc2ccc(Br)cc2/C=C2\SC(=S)N(C[C@H]3CCCO3)C2=O)cc1. The first-order chi connectivity index (χ1) is 14.5. The van der Waals surface area contributed by atoms with E-state index in [9.17, 15) is 4.79 Å². The molecule has 0 unspecified atom stereocenters. The van der Waals surface area contributed by atoms with Crippen LogP contribution < -0.4 is 4.74 Å². The highest BCUT2D eigenvalue weighted by molar-refractivity contribution is 9.10. The molecule has 0 radical (unpaired) electrons. The molecule has 0 aliphatic carbocycles. The Kier molecular flexibility index (Phi) is 6.93. The molecule has 0 N–H and O–H groups in total. The maximum atomic E-state index is 13.0. The molecule has 0 saturated carbocycles. The summed E-state index contributed by atoms with van der Waals surface area (Å²) in [6.07, 6.45) is 3.95. The van der Waals surface area contributed by atoms with Crippen molar-refractivity contribution in [1.29, 1.82) is 0 Å². The fourth-order valence-electron chi connectivity index (χ4n) is 3.40. The van der Waals surface area contributed by atoms with E-state index in [4.69, 9.17) is 21.7 Å². The quantitative estimate of drug-likeness (QED) is 0.372. The molecule has 2 heterocycles. The van der Waals surface area contributed by atoms with Crippen LogP contribution in [-0.4, -0.2) is 34.4 Å². The van der Waals surface area contributed by atoms with E-state index in [2.05, 4.69) is 47.1 Å². The van der Waals surface area contributed by atoms with Crippen LogP contribution in [0.1, 0.15) is 29.5 Å². The summed E-state index contributed by atoms with van der Waals surface area (Å²) in [5.41, 5.74) is 3.15. The van der Waals surface area contributed by atoms with Gasteiger partial charge in [0.2, 0.25) is 0 Å². The highest BCUT2D eigenvalue weighted by Gasteiger charge is 2.34. The van der Waals surface area contributed by atoms with Gasteiger partial charge in [-0.05, 0) is 49.6 Å². The molecular formula is C23H22BrNO3S2. The summed E-state index contributed by atoms with van der Waals surface area (Å²) in [4.78, 5) is 15.2. The number of carbonyl (C=O) groups is 1. The molecule has 2 saturated heterocycles. The van der Waals surface area contributed by atoms with Crippen molar-refractivity contribution in [3.8, 4) is 5.75 Å². The lowest BCUT2D eigenvalue weighted by Gasteiger charge is -2.18. The standard InChI is InChI=1S/C23H22BrNO3S2/c1-15-4-6-16(7-5-15)14-28-20-9-8-18(24)11-17(20)12-21-22(26)25(23(29)30-21)13-19-3-2-10-27-19/h4-9,11-12,19H,2-3,10,13-14H2,1H3/b21-12-/t19-/m1/s1. The van der Waals surface area contributed by atoms with Crippen LogP contribution in [0.5, 0.6) is 5.75 Å². The first-order valence-corrected chi connectivity index (χ1v) is 11.9. The lowest BCUT2D eigenvalue weighted by molar-refractivity contribution is -0.123. The molecule has 4 rings (SSSR count). The minimum Gasteiger partial charge on any atom is -0.488 e. The summed E-state index contributed by atoms with van der Waals surface area (Å²) in [5, 5.41) is 0. The van der Waals surface area contributed by atoms with Crippen LogP contribution >= 0.6 is 39.9 Å². The first-order valence-electron chi connectivity index (χ1n) is 9.84. The summed E-state index contributed by atoms with van der Waals surface area (Å²) in [5.74, 6) is 0.660. The van der Waals surface area contributed by atoms with Crippen molar-refractivity contribution in [3.63, 3.8) is 0 Å². The monoisotopic (exact) mass is 503 g/mol. The van der Waals surface area contributed by atoms with Gasteiger partial charge >= 0.3 is 0 Å². The average molecular weight is 504 g/mol. The van der Waals surface area contributed by atoms with Gasteiger partial charge in [0, 0.05) is 16.6 Å². The molecule has 30 heavy (non-hydrogen) atoms. The van der Waals surface area contributed by atoms with Crippen molar-refractivity contribution in [3.05, 3.63) is 68.5 Å². The predicted molar refractivity (Wildman–Crippen MR) is 129 cm³/mol. The molecule has 2 aliphatic heterocycles. The average Bonchev–Trinajstić information content (AvgIpc) is 3.33. The molecule has 0 aromatic heterocycles. The van der Waals surface area contributed by atoms with Gasteiger partial charge in [0.15, 0.2) is 0 Å². The van der Waals surface area contributed by atoms with E-state index in [1.807, 2.05) is 24.3 Å². The summed E-state index contributed by atoms with van der Waals surface area (Å²) >= 11 is 10.3. The molecule has 2 fully saturated rings. The normalized spacial score (nSPS) is 20.4. The Morgan fingerprint density at radius 3 is 2.83 bits per heavy atom. The maximum Gasteiger partial charge on any atom is 0.266 e. The van der Waals surface area contributed by atoms with Crippen LogP contribution in [0.15, 0.2) is 51.8 Å². The number of thiocarbonyl (C=S) groups is 1. The van der Waals surface area contributed by atoms with Crippen molar-refractivity contribution in [1.82, 2.24) is 4.90 Å². The number of halogens is 1. The van der Waals surface area contributed by atoms with Crippen LogP contribution in [0.25, 0.3) is 6.08 Å². The van der Waals surface area contributed by atoms with Crippen molar-refractivity contribution < 1.29 is 14.3 Å². The van der Waals surface area contributed by atoms with Gasteiger partial charge < -0.3 is 9.47 Å². The van der Waals surface area contributed by atoms with Crippen LogP contribution in [0, 0.1) is 6.92 Å². The van der Waals surface area contributed by atoms with E-state index in [-0.39, 0.29) is 12.0 Å². The Morgan fingerprint density at radius 2 is 2.10 bits per heavy atom. The van der Waals surface area contributed by atoms with Crippen LogP contribution in [0.3, 0.4) is 0 Å². The number of hydrogen-bond donors (Lipinski definition) is 0. The second kappa shape index (κ2) is 9.64. The Labute approximate surface area is 194 Å². The highest BCUT2D eigenvalue weighted by atomic mass is 79.9. The van der Waals surface area contributed by atoms with Gasteiger partial charge in [-0.25, -0.2) is 0 Å². The van der Waals surface area contributed by atoms with Crippen molar-refractivity contribution >= 4 is 56.2 Å². The van der Waals surface area contributed by atoms with Crippen molar-refractivity contribution in [2.75, 3.05) is 13.2 Å². The molecule has 4 nitrogen and oxygen atoms in total. The number of benzene rings is 2. The maximum absolute atomic E-state index is 13.0. The van der Waals surface area contributed by atoms with Gasteiger partial charge in [-0.2, -0.15) is 0 Å². The Hall–Kier alpha value is -1.67. The van der Waals surface area contributed by atoms with Crippen LogP contribution in [-0.2, 0) is 16.1 Å². The van der Waals surface area contributed by atoms with Gasteiger partial charge in [-0.3, -0.25) is 9.69 Å². The molecular weight excluding hydrogens is 482 g/mol. The Morgan fingerprint density at radius 1 is 1.30 bits per heavy atom. The zero-order valence-corrected chi connectivity index (χ0v) is 19.8. The topological polar surface area (TPSA) is 38.8 Å². The first kappa shape index (κ1) is 21.6. The lowest BCUT2D eigenvalue weighted by atomic mass is 10.1. The third kappa shape index (κ3) is 5.14. The van der Waals surface area contributed by atoms with Gasteiger partial charge in [-0.15, -0.1) is 0 Å². The molecule has 2 aliphatic rings. The number of carbonyl (C=O) groups excluding carboxylic acids is 1. The summed E-state index contributed by atoms with van der Waals surface area (Å²) < 4.78 is 13.3. The second-order valence-corrected chi connectivity index (χ2v) is 9.98. The lowest BCUT2D eigenvalue weighted by Crippen LogP contribution is -2.35. The summed E-state index contributed by atoms with van der Waals surface area (Å²) in [6.45, 7) is 3.81. The molecule has 7 heteroatoms. The second-order valence-electron chi connectivity index (χ2n) is 7.38.